The maximum atomic E-state index is 12.1. The first-order valence-corrected chi connectivity index (χ1v) is 7.51. The van der Waals surface area contributed by atoms with Gasteiger partial charge in [0.05, 0.1) is 11.4 Å². The van der Waals surface area contributed by atoms with Crippen molar-refractivity contribution in [3.8, 4) is 0 Å². The lowest BCUT2D eigenvalue weighted by Gasteiger charge is -2.15. The maximum absolute atomic E-state index is 12.1. The van der Waals surface area contributed by atoms with E-state index in [1.54, 1.807) is 6.07 Å². The summed E-state index contributed by atoms with van der Waals surface area (Å²) in [6.45, 7) is 0.317. The van der Waals surface area contributed by atoms with Gasteiger partial charge in [-0.2, -0.15) is 0 Å². The van der Waals surface area contributed by atoms with Crippen LogP contribution < -0.4 is 5.32 Å². The summed E-state index contributed by atoms with van der Waals surface area (Å²) >= 11 is 1.40. The van der Waals surface area contributed by atoms with Crippen molar-refractivity contribution in [1.29, 1.82) is 0 Å². The number of carbonyl (C=O) groups is 1. The summed E-state index contributed by atoms with van der Waals surface area (Å²) < 4.78 is 0. The monoisotopic (exact) mass is 278 g/mol. The quantitative estimate of drug-likeness (QED) is 0.384. The minimum Gasteiger partial charge on any atom is -0.349 e. The van der Waals surface area contributed by atoms with E-state index in [4.69, 9.17) is 5.53 Å². The average molecular weight is 278 g/mol. The molecular formula is C13H18N4OS. The Hall–Kier alpha value is -1.52. The lowest BCUT2D eigenvalue weighted by atomic mass is 10.1. The van der Waals surface area contributed by atoms with Crippen LogP contribution in [0.1, 0.15) is 53.1 Å². The summed E-state index contributed by atoms with van der Waals surface area (Å²) in [7, 11) is 0. The number of carbonyl (C=O) groups excluding carboxylic acids is 1. The van der Waals surface area contributed by atoms with Gasteiger partial charge in [-0.25, -0.2) is 0 Å². The first-order valence-electron chi connectivity index (χ1n) is 6.70. The highest BCUT2D eigenvalue weighted by Gasteiger charge is 2.16. The molecule has 0 atom stereocenters. The molecule has 5 nitrogen and oxygen atoms in total. The topological polar surface area (TPSA) is 77.9 Å². The Kier molecular flexibility index (Phi) is 5.24. The molecule has 0 spiro atoms. The number of thiophene rings is 1. The summed E-state index contributed by atoms with van der Waals surface area (Å²) in [5.41, 5.74) is 8.27. The molecule has 19 heavy (non-hydrogen) atoms. The van der Waals surface area contributed by atoms with Crippen molar-refractivity contribution in [2.24, 2.45) is 5.11 Å². The standard InChI is InChI=1S/C13H18N4OS/c14-17-15-9-11-7-8-12(19-11)13(18)16-10-5-3-1-2-4-6-10/h7-8,10H,1-6,9H2,(H,16,18). The highest BCUT2D eigenvalue weighted by atomic mass is 32.1. The molecule has 6 heteroatoms. The molecule has 1 saturated carbocycles. The Morgan fingerprint density at radius 3 is 2.79 bits per heavy atom. The van der Waals surface area contributed by atoms with Gasteiger partial charge in [0.25, 0.3) is 5.91 Å². The van der Waals surface area contributed by atoms with Gasteiger partial charge in [-0.1, -0.05) is 30.8 Å². The van der Waals surface area contributed by atoms with E-state index in [-0.39, 0.29) is 5.91 Å². The lowest BCUT2D eigenvalue weighted by Crippen LogP contribution is -2.33. The van der Waals surface area contributed by atoms with Gasteiger partial charge in [-0.15, -0.1) is 11.3 Å². The third-order valence-electron chi connectivity index (χ3n) is 3.37. The predicted octanol–water partition coefficient (Wildman–Crippen LogP) is 4.01. The molecule has 1 heterocycles. The first-order chi connectivity index (χ1) is 9.29. The van der Waals surface area contributed by atoms with Crippen molar-refractivity contribution < 1.29 is 4.79 Å². The van der Waals surface area contributed by atoms with Gasteiger partial charge < -0.3 is 5.32 Å². The van der Waals surface area contributed by atoms with Crippen LogP contribution in [0.4, 0.5) is 0 Å². The minimum absolute atomic E-state index is 0.00378. The van der Waals surface area contributed by atoms with Crippen molar-refractivity contribution in [1.82, 2.24) is 5.32 Å². The van der Waals surface area contributed by atoms with Crippen molar-refractivity contribution in [3.63, 3.8) is 0 Å². The zero-order chi connectivity index (χ0) is 13.5. The van der Waals surface area contributed by atoms with Crippen molar-refractivity contribution in [2.45, 2.75) is 51.1 Å². The van der Waals surface area contributed by atoms with Crippen LogP contribution in [0.15, 0.2) is 17.2 Å². The second-order valence-corrected chi connectivity index (χ2v) is 5.99. The summed E-state index contributed by atoms with van der Waals surface area (Å²) in [5.74, 6) is 0.00378. The number of hydrogen-bond donors (Lipinski definition) is 1. The van der Waals surface area contributed by atoms with Crippen LogP contribution in [-0.4, -0.2) is 11.9 Å². The summed E-state index contributed by atoms with van der Waals surface area (Å²) in [6.07, 6.45) is 7.14. The van der Waals surface area contributed by atoms with E-state index in [0.29, 0.717) is 17.5 Å². The van der Waals surface area contributed by atoms with Gasteiger partial charge in [-0.05, 0) is 30.5 Å². The molecule has 1 aromatic rings. The fraction of sp³-hybridized carbons (Fsp3) is 0.615. The first kappa shape index (κ1) is 13.9. The average Bonchev–Trinajstić information content (AvgIpc) is 2.74. The minimum atomic E-state index is 0.00378. The molecule has 0 radical (unpaired) electrons. The number of nitrogens with one attached hydrogen (secondary N) is 1. The molecule has 0 bridgehead atoms. The Balaban J connectivity index is 1.91. The molecule has 1 fully saturated rings. The van der Waals surface area contributed by atoms with Crippen LogP contribution in [0.3, 0.4) is 0 Å². The molecule has 1 amide bonds. The smallest absolute Gasteiger partial charge is 0.261 e. The molecule has 2 rings (SSSR count). The molecule has 0 aliphatic heterocycles. The molecule has 1 aliphatic rings. The molecule has 0 aromatic carbocycles. The largest absolute Gasteiger partial charge is 0.349 e. The van der Waals surface area contributed by atoms with Crippen LogP contribution >= 0.6 is 11.3 Å². The van der Waals surface area contributed by atoms with Gasteiger partial charge in [0.1, 0.15) is 0 Å². The molecule has 102 valence electrons. The van der Waals surface area contributed by atoms with Crippen molar-refractivity contribution in [2.75, 3.05) is 0 Å². The molecule has 1 aliphatic carbocycles. The number of azide groups is 1. The van der Waals surface area contributed by atoms with E-state index in [1.165, 1.54) is 37.0 Å². The summed E-state index contributed by atoms with van der Waals surface area (Å²) in [6, 6.07) is 3.97. The van der Waals surface area contributed by atoms with Gasteiger partial charge in [0.15, 0.2) is 0 Å². The Morgan fingerprint density at radius 1 is 1.37 bits per heavy atom. The second-order valence-electron chi connectivity index (χ2n) is 4.82. The van der Waals surface area contributed by atoms with E-state index in [2.05, 4.69) is 15.3 Å². The normalized spacial score (nSPS) is 16.4. The predicted molar refractivity (Wildman–Crippen MR) is 76.1 cm³/mol. The fourth-order valence-electron chi connectivity index (χ4n) is 2.37. The Bertz CT molecular complexity index is 471. The van der Waals surface area contributed by atoms with E-state index < -0.39 is 0 Å². The van der Waals surface area contributed by atoms with Crippen LogP contribution in [0.2, 0.25) is 0 Å². The number of hydrogen-bond acceptors (Lipinski definition) is 3. The van der Waals surface area contributed by atoms with Crippen LogP contribution in [-0.2, 0) is 6.54 Å². The van der Waals surface area contributed by atoms with Gasteiger partial charge in [0, 0.05) is 15.8 Å². The molecule has 0 saturated heterocycles. The SMILES string of the molecule is [N-]=[N+]=NCc1ccc(C(=O)NC2CCCCCC2)s1. The molecule has 0 unspecified atom stereocenters. The van der Waals surface area contributed by atoms with Gasteiger partial charge in [-0.3, -0.25) is 4.79 Å². The molecule has 1 aromatic heterocycles. The fourth-order valence-corrected chi connectivity index (χ4v) is 3.20. The number of rotatable bonds is 4. The second kappa shape index (κ2) is 7.16. The van der Waals surface area contributed by atoms with E-state index in [1.807, 2.05) is 6.07 Å². The number of amides is 1. The molecule has 1 N–H and O–H groups in total. The summed E-state index contributed by atoms with van der Waals surface area (Å²) in [5, 5.41) is 6.61. The highest BCUT2D eigenvalue weighted by molar-refractivity contribution is 7.14. The lowest BCUT2D eigenvalue weighted by molar-refractivity contribution is 0.0937. The third kappa shape index (κ3) is 4.26. The maximum Gasteiger partial charge on any atom is 0.261 e. The Labute approximate surface area is 116 Å². The van der Waals surface area contributed by atoms with E-state index in [9.17, 15) is 4.79 Å². The van der Waals surface area contributed by atoms with Crippen LogP contribution in [0.25, 0.3) is 10.4 Å². The number of nitrogens with zero attached hydrogens (tertiary/aromatic N) is 3. The van der Waals surface area contributed by atoms with Crippen LogP contribution in [0, 0.1) is 0 Å². The van der Waals surface area contributed by atoms with Crippen LogP contribution in [0.5, 0.6) is 0 Å². The summed E-state index contributed by atoms with van der Waals surface area (Å²) in [4.78, 5) is 16.4. The highest BCUT2D eigenvalue weighted by Crippen LogP contribution is 2.20. The Morgan fingerprint density at radius 2 is 2.11 bits per heavy atom. The van der Waals surface area contributed by atoms with Crippen molar-refractivity contribution >= 4 is 17.2 Å². The zero-order valence-corrected chi connectivity index (χ0v) is 11.7. The van der Waals surface area contributed by atoms with Gasteiger partial charge in [0.2, 0.25) is 0 Å². The van der Waals surface area contributed by atoms with Gasteiger partial charge >= 0.3 is 0 Å². The van der Waals surface area contributed by atoms with E-state index >= 15 is 0 Å². The van der Waals surface area contributed by atoms with E-state index in [0.717, 1.165) is 17.7 Å². The van der Waals surface area contributed by atoms with Crippen molar-refractivity contribution in [3.05, 3.63) is 32.3 Å². The molecular weight excluding hydrogens is 260 g/mol. The third-order valence-corrected chi connectivity index (χ3v) is 4.43. The zero-order valence-electron chi connectivity index (χ0n) is 10.8.